The van der Waals surface area contributed by atoms with Crippen molar-refractivity contribution in [2.24, 2.45) is 0 Å². The minimum Gasteiger partial charge on any atom is -0.461 e. The summed E-state index contributed by atoms with van der Waals surface area (Å²) in [5.41, 5.74) is 1.36. The summed E-state index contributed by atoms with van der Waals surface area (Å²) in [6, 6.07) is 15.9. The van der Waals surface area contributed by atoms with Crippen LogP contribution in [-0.4, -0.2) is 17.7 Å². The molecule has 2 aromatic heterocycles. The molecule has 2 heterocycles. The van der Waals surface area contributed by atoms with Crippen LogP contribution in [-0.2, 0) is 22.7 Å². The van der Waals surface area contributed by atoms with Crippen LogP contribution in [0.5, 0.6) is 0 Å². The second-order valence-corrected chi connectivity index (χ2v) is 6.19. The fourth-order valence-corrected chi connectivity index (χ4v) is 3.10. The van der Waals surface area contributed by atoms with Crippen molar-refractivity contribution in [2.45, 2.75) is 20.1 Å². The van der Waals surface area contributed by atoms with Gasteiger partial charge in [-0.3, -0.25) is 0 Å². The van der Waals surface area contributed by atoms with Crippen LogP contribution >= 0.6 is 11.3 Å². The Balaban J connectivity index is 1.52. The lowest BCUT2D eigenvalue weighted by Gasteiger charge is -1.99. The molecule has 0 radical (unpaired) electrons. The molecule has 0 saturated heterocycles. The number of hydrogen-bond donors (Lipinski definition) is 0. The van der Waals surface area contributed by atoms with Crippen molar-refractivity contribution in [3.8, 4) is 10.4 Å². The van der Waals surface area contributed by atoms with E-state index in [1.165, 1.54) is 10.4 Å². The van der Waals surface area contributed by atoms with Gasteiger partial charge in [0.1, 0.15) is 6.61 Å². The lowest BCUT2D eigenvalue weighted by molar-refractivity contribution is 0.0513. The van der Waals surface area contributed by atoms with Gasteiger partial charge < -0.3 is 14.0 Å². The molecule has 0 aliphatic rings. The Morgan fingerprint density at radius 3 is 2.79 bits per heavy atom. The summed E-state index contributed by atoms with van der Waals surface area (Å²) >= 11 is 1.69. The number of aromatic nitrogens is 1. The number of benzene rings is 1. The quantitative estimate of drug-likeness (QED) is 0.599. The zero-order valence-electron chi connectivity index (χ0n) is 13.2. The van der Waals surface area contributed by atoms with Gasteiger partial charge in [0.25, 0.3) is 0 Å². The molecule has 124 valence electrons. The molecule has 0 amide bonds. The van der Waals surface area contributed by atoms with E-state index in [9.17, 15) is 4.79 Å². The van der Waals surface area contributed by atoms with Gasteiger partial charge in [0, 0.05) is 15.8 Å². The molecule has 0 bridgehead atoms. The summed E-state index contributed by atoms with van der Waals surface area (Å²) in [6.07, 6.45) is 0. The average molecular weight is 343 g/mol. The summed E-state index contributed by atoms with van der Waals surface area (Å²) in [7, 11) is 0. The van der Waals surface area contributed by atoms with Crippen molar-refractivity contribution >= 4 is 17.3 Å². The molecule has 0 fully saturated rings. The molecule has 24 heavy (non-hydrogen) atoms. The molecule has 0 spiro atoms. The highest BCUT2D eigenvalue weighted by atomic mass is 32.1. The third-order valence-electron chi connectivity index (χ3n) is 3.25. The van der Waals surface area contributed by atoms with Crippen molar-refractivity contribution in [1.82, 2.24) is 5.16 Å². The summed E-state index contributed by atoms with van der Waals surface area (Å²) in [4.78, 5) is 13.8. The second kappa shape index (κ2) is 7.90. The van der Waals surface area contributed by atoms with Crippen LogP contribution in [0.2, 0.25) is 0 Å². The SMILES string of the molecule is CCOC(=O)c1cc(COCc2ccc(-c3ccccc3)s2)on1. The first-order valence-corrected chi connectivity index (χ1v) is 8.42. The van der Waals surface area contributed by atoms with Crippen LogP contribution in [0, 0.1) is 0 Å². The minimum atomic E-state index is -0.488. The van der Waals surface area contributed by atoms with Crippen LogP contribution in [0.1, 0.15) is 28.0 Å². The largest absolute Gasteiger partial charge is 0.461 e. The number of thiophene rings is 1. The number of carbonyl (C=O) groups excluding carboxylic acids is 1. The number of esters is 1. The first-order valence-electron chi connectivity index (χ1n) is 7.61. The maximum Gasteiger partial charge on any atom is 0.360 e. The van der Waals surface area contributed by atoms with Crippen molar-refractivity contribution in [1.29, 1.82) is 0 Å². The van der Waals surface area contributed by atoms with E-state index in [1.54, 1.807) is 24.3 Å². The number of nitrogens with zero attached hydrogens (tertiary/aromatic N) is 1. The second-order valence-electron chi connectivity index (χ2n) is 5.02. The highest BCUT2D eigenvalue weighted by Gasteiger charge is 2.13. The molecule has 0 aliphatic carbocycles. The predicted molar refractivity (Wildman–Crippen MR) is 90.7 cm³/mol. The van der Waals surface area contributed by atoms with Crippen LogP contribution in [0.4, 0.5) is 0 Å². The summed E-state index contributed by atoms with van der Waals surface area (Å²) in [5.74, 6) is 0.0103. The van der Waals surface area contributed by atoms with Crippen LogP contribution in [0.25, 0.3) is 10.4 Å². The molecule has 3 rings (SSSR count). The Morgan fingerprint density at radius 1 is 1.17 bits per heavy atom. The van der Waals surface area contributed by atoms with Crippen molar-refractivity contribution < 1.29 is 18.8 Å². The summed E-state index contributed by atoms with van der Waals surface area (Å²) < 4.78 is 15.6. The van der Waals surface area contributed by atoms with Gasteiger partial charge in [-0.15, -0.1) is 11.3 Å². The van der Waals surface area contributed by atoms with E-state index >= 15 is 0 Å². The maximum absolute atomic E-state index is 11.5. The molecule has 0 N–H and O–H groups in total. The van der Waals surface area contributed by atoms with Gasteiger partial charge in [0.2, 0.25) is 0 Å². The van der Waals surface area contributed by atoms with E-state index < -0.39 is 5.97 Å². The Labute approximate surface area is 143 Å². The Bertz CT molecular complexity index is 794. The Kier molecular flexibility index (Phi) is 5.40. The molecule has 0 aliphatic heterocycles. The minimum absolute atomic E-state index is 0.165. The van der Waals surface area contributed by atoms with Crippen LogP contribution in [0.15, 0.2) is 53.1 Å². The van der Waals surface area contributed by atoms with E-state index in [0.717, 1.165) is 4.88 Å². The lowest BCUT2D eigenvalue weighted by atomic mass is 10.2. The standard InChI is InChI=1S/C18H17NO4S/c1-2-22-18(20)16-10-14(23-19-16)11-21-12-15-8-9-17(24-15)13-6-4-3-5-7-13/h3-10H,2,11-12H2,1H3. The molecule has 0 atom stereocenters. The summed E-state index contributed by atoms with van der Waals surface area (Å²) in [6.45, 7) is 2.78. The first kappa shape index (κ1) is 16.4. The van der Waals surface area contributed by atoms with E-state index in [0.29, 0.717) is 19.0 Å². The Morgan fingerprint density at radius 2 is 2.00 bits per heavy atom. The highest BCUT2D eigenvalue weighted by molar-refractivity contribution is 7.15. The maximum atomic E-state index is 11.5. The van der Waals surface area contributed by atoms with E-state index in [2.05, 4.69) is 29.4 Å². The molecule has 6 heteroatoms. The van der Waals surface area contributed by atoms with E-state index in [-0.39, 0.29) is 12.3 Å². The van der Waals surface area contributed by atoms with Gasteiger partial charge in [-0.1, -0.05) is 35.5 Å². The fourth-order valence-electron chi connectivity index (χ4n) is 2.15. The number of hydrogen-bond acceptors (Lipinski definition) is 6. The van der Waals surface area contributed by atoms with Gasteiger partial charge in [-0.05, 0) is 24.6 Å². The smallest absolute Gasteiger partial charge is 0.360 e. The highest BCUT2D eigenvalue weighted by Crippen LogP contribution is 2.28. The van der Waals surface area contributed by atoms with Crippen molar-refractivity contribution in [3.63, 3.8) is 0 Å². The van der Waals surface area contributed by atoms with Gasteiger partial charge in [-0.25, -0.2) is 4.79 Å². The zero-order valence-corrected chi connectivity index (χ0v) is 14.0. The normalized spacial score (nSPS) is 10.7. The van der Waals surface area contributed by atoms with E-state index in [4.69, 9.17) is 14.0 Å². The zero-order chi connectivity index (χ0) is 16.8. The van der Waals surface area contributed by atoms with Gasteiger partial charge in [0.05, 0.1) is 13.2 Å². The molecule has 0 saturated carbocycles. The topological polar surface area (TPSA) is 61.6 Å². The molecule has 0 unspecified atom stereocenters. The van der Waals surface area contributed by atoms with Gasteiger partial charge in [0.15, 0.2) is 11.5 Å². The molecular formula is C18H17NO4S. The summed E-state index contributed by atoms with van der Waals surface area (Å²) in [5, 5.41) is 3.68. The average Bonchev–Trinajstić information content (AvgIpc) is 3.26. The van der Waals surface area contributed by atoms with Crippen molar-refractivity contribution in [3.05, 3.63) is 64.9 Å². The van der Waals surface area contributed by atoms with Crippen LogP contribution < -0.4 is 0 Å². The van der Waals surface area contributed by atoms with E-state index in [1.807, 2.05) is 18.2 Å². The van der Waals surface area contributed by atoms with Gasteiger partial charge in [-0.2, -0.15) is 0 Å². The third kappa shape index (κ3) is 4.10. The monoisotopic (exact) mass is 343 g/mol. The molecular weight excluding hydrogens is 326 g/mol. The first-order chi connectivity index (χ1) is 11.8. The predicted octanol–water partition coefficient (Wildman–Crippen LogP) is 4.30. The molecule has 5 nitrogen and oxygen atoms in total. The lowest BCUT2D eigenvalue weighted by Crippen LogP contribution is -2.04. The number of carbonyl (C=O) groups is 1. The molecule has 1 aromatic carbocycles. The molecule has 3 aromatic rings. The number of ether oxygens (including phenoxy) is 2. The van der Waals surface area contributed by atoms with Gasteiger partial charge >= 0.3 is 5.97 Å². The van der Waals surface area contributed by atoms with Crippen LogP contribution in [0.3, 0.4) is 0 Å². The number of rotatable bonds is 7. The van der Waals surface area contributed by atoms with Crippen molar-refractivity contribution in [2.75, 3.05) is 6.61 Å². The Hall–Kier alpha value is -2.44. The fraction of sp³-hybridized carbons (Fsp3) is 0.222. The third-order valence-corrected chi connectivity index (χ3v) is 4.36.